The molecule has 0 fully saturated rings. The largest absolute Gasteiger partial charge is 0.375 e. The smallest absolute Gasteiger partial charge is 0.258 e. The van der Waals surface area contributed by atoms with Gasteiger partial charge < -0.3 is 15.0 Å². The minimum absolute atomic E-state index is 0.0164. The van der Waals surface area contributed by atoms with Crippen LogP contribution in [0.5, 0.6) is 0 Å². The van der Waals surface area contributed by atoms with E-state index < -0.39 is 0 Å². The van der Waals surface area contributed by atoms with E-state index in [-0.39, 0.29) is 18.4 Å². The van der Waals surface area contributed by atoms with E-state index in [2.05, 4.69) is 10.3 Å². The summed E-state index contributed by atoms with van der Waals surface area (Å²) in [5, 5.41) is 2.80. The standard InChI is InChI=1S/C18H19N3O3/c1-24-12-17(22)20-11-13-2-3-16-15(10-13)6-9-21(16)18(23)14-4-7-19-8-5-14/h2-5,7-8,10H,6,9,11-12H2,1H3,(H,20,22). The van der Waals surface area contributed by atoms with Crippen molar-refractivity contribution >= 4 is 17.5 Å². The van der Waals surface area contributed by atoms with Crippen molar-refractivity contribution in [2.75, 3.05) is 25.2 Å². The van der Waals surface area contributed by atoms with Crippen LogP contribution in [0.15, 0.2) is 42.7 Å². The molecule has 2 aromatic rings. The molecule has 1 N–H and O–H groups in total. The van der Waals surface area contributed by atoms with Crippen LogP contribution in [-0.2, 0) is 22.5 Å². The monoisotopic (exact) mass is 325 g/mol. The van der Waals surface area contributed by atoms with Crippen LogP contribution < -0.4 is 10.2 Å². The first kappa shape index (κ1) is 16.1. The number of anilines is 1. The van der Waals surface area contributed by atoms with Crippen molar-refractivity contribution in [3.8, 4) is 0 Å². The highest BCUT2D eigenvalue weighted by Gasteiger charge is 2.25. The molecule has 1 aliphatic rings. The first-order chi connectivity index (χ1) is 11.7. The molecule has 1 aromatic carbocycles. The van der Waals surface area contributed by atoms with Crippen LogP contribution in [0.4, 0.5) is 5.69 Å². The van der Waals surface area contributed by atoms with Gasteiger partial charge in [-0.05, 0) is 35.7 Å². The van der Waals surface area contributed by atoms with Crippen molar-refractivity contribution < 1.29 is 14.3 Å². The van der Waals surface area contributed by atoms with Gasteiger partial charge in [-0.3, -0.25) is 14.6 Å². The maximum absolute atomic E-state index is 12.6. The number of rotatable bonds is 5. The summed E-state index contributed by atoms with van der Waals surface area (Å²) in [5.74, 6) is -0.162. The average Bonchev–Trinajstić information content (AvgIpc) is 3.03. The first-order valence-electron chi connectivity index (χ1n) is 7.78. The number of hydrogen-bond acceptors (Lipinski definition) is 4. The highest BCUT2D eigenvalue weighted by molar-refractivity contribution is 6.07. The SMILES string of the molecule is COCC(=O)NCc1ccc2c(c1)CCN2C(=O)c1ccncc1. The van der Waals surface area contributed by atoms with E-state index in [1.165, 1.54) is 7.11 Å². The number of fused-ring (bicyclic) bond motifs is 1. The number of carbonyl (C=O) groups is 2. The summed E-state index contributed by atoms with van der Waals surface area (Å²) >= 11 is 0. The van der Waals surface area contributed by atoms with E-state index in [1.807, 2.05) is 18.2 Å². The molecular weight excluding hydrogens is 306 g/mol. The first-order valence-corrected chi connectivity index (χ1v) is 7.78. The Balaban J connectivity index is 1.71. The molecule has 0 bridgehead atoms. The Morgan fingerprint density at radius 1 is 1.25 bits per heavy atom. The Labute approximate surface area is 140 Å². The molecule has 0 saturated carbocycles. The van der Waals surface area contributed by atoms with Gasteiger partial charge in [0.05, 0.1) is 0 Å². The van der Waals surface area contributed by atoms with Crippen LogP contribution in [0.1, 0.15) is 21.5 Å². The molecule has 0 radical (unpaired) electrons. The van der Waals surface area contributed by atoms with Crippen LogP contribution in [-0.4, -0.2) is 37.1 Å². The van der Waals surface area contributed by atoms with Gasteiger partial charge in [0, 0.05) is 43.8 Å². The van der Waals surface area contributed by atoms with Gasteiger partial charge in [-0.15, -0.1) is 0 Å². The van der Waals surface area contributed by atoms with Crippen LogP contribution in [0.25, 0.3) is 0 Å². The van der Waals surface area contributed by atoms with Crippen LogP contribution in [0.3, 0.4) is 0 Å². The van der Waals surface area contributed by atoms with E-state index in [4.69, 9.17) is 4.74 Å². The Morgan fingerprint density at radius 3 is 2.79 bits per heavy atom. The second-order valence-electron chi connectivity index (χ2n) is 5.62. The summed E-state index contributed by atoms with van der Waals surface area (Å²) in [5.41, 5.74) is 3.70. The van der Waals surface area contributed by atoms with Gasteiger partial charge in [-0.25, -0.2) is 0 Å². The average molecular weight is 325 g/mol. The summed E-state index contributed by atoms with van der Waals surface area (Å²) in [6.45, 7) is 1.17. The third kappa shape index (κ3) is 3.44. The van der Waals surface area contributed by atoms with Crippen LogP contribution in [0, 0.1) is 0 Å². The van der Waals surface area contributed by atoms with E-state index >= 15 is 0 Å². The molecule has 2 heterocycles. The highest BCUT2D eigenvalue weighted by Crippen LogP contribution is 2.30. The minimum Gasteiger partial charge on any atom is -0.375 e. The summed E-state index contributed by atoms with van der Waals surface area (Å²) < 4.78 is 4.79. The molecule has 0 spiro atoms. The number of methoxy groups -OCH3 is 1. The lowest BCUT2D eigenvalue weighted by atomic mass is 10.1. The fraction of sp³-hybridized carbons (Fsp3) is 0.278. The number of ether oxygens (including phenoxy) is 1. The fourth-order valence-corrected chi connectivity index (χ4v) is 2.81. The second kappa shape index (κ2) is 7.23. The van der Waals surface area contributed by atoms with Crippen LogP contribution >= 0.6 is 0 Å². The molecule has 0 saturated heterocycles. The second-order valence-corrected chi connectivity index (χ2v) is 5.62. The van der Waals surface area contributed by atoms with Gasteiger partial charge in [0.25, 0.3) is 5.91 Å². The number of amides is 2. The zero-order valence-electron chi connectivity index (χ0n) is 13.5. The number of pyridine rings is 1. The summed E-state index contributed by atoms with van der Waals surface area (Å²) in [7, 11) is 1.49. The molecule has 0 aliphatic carbocycles. The van der Waals surface area contributed by atoms with Crippen molar-refractivity contribution in [2.45, 2.75) is 13.0 Å². The van der Waals surface area contributed by atoms with Gasteiger partial charge in [0.1, 0.15) is 6.61 Å². The summed E-state index contributed by atoms with van der Waals surface area (Å²) in [4.78, 5) is 29.8. The molecule has 24 heavy (non-hydrogen) atoms. The van der Waals surface area contributed by atoms with Gasteiger partial charge in [0.2, 0.25) is 5.91 Å². The van der Waals surface area contributed by atoms with E-state index in [0.29, 0.717) is 18.7 Å². The van der Waals surface area contributed by atoms with Crippen molar-refractivity contribution in [2.24, 2.45) is 0 Å². The lowest BCUT2D eigenvalue weighted by Gasteiger charge is -2.17. The maximum Gasteiger partial charge on any atom is 0.258 e. The normalized spacial score (nSPS) is 12.8. The fourth-order valence-electron chi connectivity index (χ4n) is 2.81. The zero-order valence-corrected chi connectivity index (χ0v) is 13.5. The molecule has 3 rings (SSSR count). The van der Waals surface area contributed by atoms with E-state index in [1.54, 1.807) is 29.4 Å². The maximum atomic E-state index is 12.6. The molecule has 1 aromatic heterocycles. The van der Waals surface area contributed by atoms with Crippen molar-refractivity contribution in [1.82, 2.24) is 10.3 Å². The molecule has 124 valence electrons. The summed E-state index contributed by atoms with van der Waals surface area (Å²) in [6.07, 6.45) is 4.05. The van der Waals surface area contributed by atoms with E-state index in [0.717, 1.165) is 23.2 Å². The molecule has 6 nitrogen and oxygen atoms in total. The number of carbonyl (C=O) groups excluding carboxylic acids is 2. The molecular formula is C18H19N3O3. The van der Waals surface area contributed by atoms with Gasteiger partial charge in [-0.2, -0.15) is 0 Å². The molecule has 1 aliphatic heterocycles. The molecule has 0 atom stereocenters. The minimum atomic E-state index is -0.146. The molecule has 0 unspecified atom stereocenters. The van der Waals surface area contributed by atoms with Gasteiger partial charge in [-0.1, -0.05) is 12.1 Å². The van der Waals surface area contributed by atoms with Gasteiger partial charge in [0.15, 0.2) is 0 Å². The highest BCUT2D eigenvalue weighted by atomic mass is 16.5. The van der Waals surface area contributed by atoms with Crippen LogP contribution in [0.2, 0.25) is 0 Å². The molecule has 6 heteroatoms. The van der Waals surface area contributed by atoms with Crippen molar-refractivity contribution in [3.63, 3.8) is 0 Å². The zero-order chi connectivity index (χ0) is 16.9. The summed E-state index contributed by atoms with van der Waals surface area (Å²) in [6, 6.07) is 9.37. The number of nitrogens with zero attached hydrogens (tertiary/aromatic N) is 2. The Kier molecular flexibility index (Phi) is 4.86. The number of benzene rings is 1. The Hall–Kier alpha value is -2.73. The van der Waals surface area contributed by atoms with Crippen molar-refractivity contribution in [3.05, 3.63) is 59.4 Å². The molecule has 2 amide bonds. The van der Waals surface area contributed by atoms with Crippen molar-refractivity contribution in [1.29, 1.82) is 0 Å². The van der Waals surface area contributed by atoms with E-state index in [9.17, 15) is 9.59 Å². The lowest BCUT2D eigenvalue weighted by molar-refractivity contribution is -0.124. The van der Waals surface area contributed by atoms with Gasteiger partial charge >= 0.3 is 0 Å². The Morgan fingerprint density at radius 2 is 2.04 bits per heavy atom. The number of nitrogens with one attached hydrogen (secondary N) is 1. The predicted molar refractivity (Wildman–Crippen MR) is 89.8 cm³/mol. The Bertz CT molecular complexity index is 746. The quantitative estimate of drug-likeness (QED) is 0.905. The predicted octanol–water partition coefficient (Wildman–Crippen LogP) is 1.55. The third-order valence-electron chi connectivity index (χ3n) is 3.98. The number of aromatic nitrogens is 1. The number of hydrogen-bond donors (Lipinski definition) is 1. The topological polar surface area (TPSA) is 71.5 Å². The third-order valence-corrected chi connectivity index (χ3v) is 3.98. The lowest BCUT2D eigenvalue weighted by Crippen LogP contribution is -2.28.